The number of rotatable bonds is 17. The van der Waals surface area contributed by atoms with E-state index in [1.54, 1.807) is 27.7 Å². The van der Waals surface area contributed by atoms with Gasteiger partial charge >= 0.3 is 11.9 Å². The van der Waals surface area contributed by atoms with Crippen LogP contribution < -0.4 is 0 Å². The first kappa shape index (κ1) is 63.6. The van der Waals surface area contributed by atoms with Gasteiger partial charge in [-0.2, -0.15) is 0 Å². The average Bonchev–Trinajstić information content (AvgIpc) is 3.50. The largest absolute Gasteiger partial charge is 0.461 e. The van der Waals surface area contributed by atoms with E-state index in [1.807, 2.05) is 66.7 Å². The van der Waals surface area contributed by atoms with Crippen LogP contribution in [-0.4, -0.2) is 182 Å². The summed E-state index contributed by atoms with van der Waals surface area (Å²) in [5.41, 5.74) is -0.486. The summed E-state index contributed by atoms with van der Waals surface area (Å²) in [6.45, 7) is 24.8. The Kier molecular flexibility index (Phi) is 24.1. The van der Waals surface area contributed by atoms with Crippen LogP contribution in [0.4, 0.5) is 0 Å². The Bertz CT molecular complexity index is 1990. The van der Waals surface area contributed by atoms with Crippen LogP contribution in [0, 0.1) is 41.4 Å². The minimum absolute atomic E-state index is 0.00672. The molecule has 0 bridgehead atoms. The van der Waals surface area contributed by atoms with E-state index in [9.17, 15) is 24.9 Å². The molecule has 4 aliphatic rings. The smallest absolute Gasteiger partial charge is 0.311 e. The van der Waals surface area contributed by atoms with E-state index in [4.69, 9.17) is 52.2 Å². The normalized spacial score (nSPS) is 40.7. The number of hydrogen-bond acceptors (Lipinski definition) is 19. The number of carbonyl (C=O) groups excluding carboxylic acids is 3. The van der Waals surface area contributed by atoms with Gasteiger partial charge in [0, 0.05) is 70.4 Å². The number of aliphatic hydroxyl groups is 3. The lowest BCUT2D eigenvalue weighted by molar-refractivity contribution is -0.305. The standard InChI is InChI=1S/C57H94N2O17/c1-30(2)24-43(60)73-49-37(9)48(32(4)29-69-56-52(67-15)51(66-14)45(61)40(12)72-56)75-54(64)39(11)50(74-44-25-33(5)59(28-35(7)70-44)23-22-41-20-18-17-19-21-41)36(8)47(31(3)27-57(13,65)53(63)38(49)10)76-55-46(62)42(58-68-16)26-34(6)71-55/h17-21,30-40,44-52,55-56,61-62,65H,22-29H2,1-16H3/t31-,32-,33?,34+,35-,36+,37-,38+,39+,40+,44-,45+,46+,47-,48+,49+,50-,51+,52+,55-,56+,57-/m0/s1. The predicted octanol–water partition coefficient (Wildman–Crippen LogP) is 5.89. The van der Waals surface area contributed by atoms with Gasteiger partial charge in [0.15, 0.2) is 24.7 Å². The van der Waals surface area contributed by atoms with Crippen LogP contribution in [0.2, 0.25) is 0 Å². The number of esters is 2. The molecular formula is C57H94N2O17. The Morgan fingerprint density at radius 3 is 2.12 bits per heavy atom. The zero-order valence-electron chi connectivity index (χ0n) is 48.2. The second-order valence-corrected chi connectivity index (χ2v) is 23.1. The van der Waals surface area contributed by atoms with Gasteiger partial charge in [0.2, 0.25) is 0 Å². The minimum atomic E-state index is -2.03. The van der Waals surface area contributed by atoms with E-state index in [-0.39, 0.29) is 43.9 Å². The summed E-state index contributed by atoms with van der Waals surface area (Å²) in [7, 11) is 4.32. The molecule has 1 aromatic rings. The minimum Gasteiger partial charge on any atom is -0.461 e. The number of aliphatic hydroxyl groups excluding tert-OH is 2. The van der Waals surface area contributed by atoms with E-state index >= 15 is 4.79 Å². The molecule has 0 spiro atoms. The highest BCUT2D eigenvalue weighted by atomic mass is 16.7. The van der Waals surface area contributed by atoms with Crippen molar-refractivity contribution in [2.75, 3.05) is 41.0 Å². The molecule has 22 atom stereocenters. The number of Topliss-reactive ketones (excluding diaryl/α,β-unsaturated/α-hetero) is 1. The molecule has 19 heteroatoms. The van der Waals surface area contributed by atoms with Crippen LogP contribution in [0.25, 0.3) is 0 Å². The zero-order chi connectivity index (χ0) is 56.3. The topological polar surface area (TPSA) is 229 Å². The van der Waals surface area contributed by atoms with Crippen molar-refractivity contribution in [1.82, 2.24) is 4.90 Å². The molecule has 434 valence electrons. The van der Waals surface area contributed by atoms with E-state index < -0.39 is 139 Å². The first-order valence-corrected chi connectivity index (χ1v) is 27.7. The van der Waals surface area contributed by atoms with E-state index in [0.29, 0.717) is 18.7 Å². The maximum absolute atomic E-state index is 15.4. The lowest BCUT2D eigenvalue weighted by Crippen LogP contribution is -2.59. The van der Waals surface area contributed by atoms with Gasteiger partial charge in [0.25, 0.3) is 0 Å². The Morgan fingerprint density at radius 1 is 0.816 bits per heavy atom. The lowest BCUT2D eigenvalue weighted by atomic mass is 9.74. The number of cyclic esters (lactones) is 1. The summed E-state index contributed by atoms with van der Waals surface area (Å²) in [5.74, 6) is -6.94. The average molecular weight is 1080 g/mol. The third kappa shape index (κ3) is 16.5. The van der Waals surface area contributed by atoms with Crippen molar-refractivity contribution < 1.29 is 81.9 Å². The van der Waals surface area contributed by atoms with Gasteiger partial charge in [0.1, 0.15) is 49.3 Å². The summed E-state index contributed by atoms with van der Waals surface area (Å²) in [6, 6.07) is 10.3. The summed E-state index contributed by atoms with van der Waals surface area (Å²) in [4.78, 5) is 51.6. The summed E-state index contributed by atoms with van der Waals surface area (Å²) < 4.78 is 63.8. The Balaban J connectivity index is 1.60. The molecular weight excluding hydrogens is 985 g/mol. The number of carbonyl (C=O) groups is 3. The molecule has 4 aliphatic heterocycles. The number of methoxy groups -OCH3 is 2. The fourth-order valence-electron chi connectivity index (χ4n) is 11.8. The van der Waals surface area contributed by atoms with Gasteiger partial charge in [-0.15, -0.1) is 0 Å². The van der Waals surface area contributed by atoms with Crippen molar-refractivity contribution in [1.29, 1.82) is 0 Å². The van der Waals surface area contributed by atoms with Crippen molar-refractivity contribution in [2.24, 2.45) is 46.6 Å². The van der Waals surface area contributed by atoms with Crippen LogP contribution >= 0.6 is 0 Å². The monoisotopic (exact) mass is 1080 g/mol. The Hall–Kier alpha value is -3.18. The molecule has 0 aromatic heterocycles. The molecule has 4 saturated heterocycles. The third-order valence-corrected chi connectivity index (χ3v) is 16.0. The van der Waals surface area contributed by atoms with Crippen molar-refractivity contribution in [3.05, 3.63) is 35.9 Å². The molecule has 0 amide bonds. The van der Waals surface area contributed by atoms with Crippen molar-refractivity contribution >= 4 is 23.4 Å². The third-order valence-electron chi connectivity index (χ3n) is 16.0. The molecule has 4 heterocycles. The number of ketones is 1. The maximum atomic E-state index is 15.4. The van der Waals surface area contributed by atoms with Crippen LogP contribution in [0.5, 0.6) is 0 Å². The summed E-state index contributed by atoms with van der Waals surface area (Å²) >= 11 is 0. The molecule has 0 aliphatic carbocycles. The van der Waals surface area contributed by atoms with Gasteiger partial charge in [-0.1, -0.05) is 84.0 Å². The van der Waals surface area contributed by atoms with E-state index in [1.165, 1.54) is 33.8 Å². The molecule has 1 unspecified atom stereocenters. The van der Waals surface area contributed by atoms with Crippen molar-refractivity contribution in [3.63, 3.8) is 0 Å². The second kappa shape index (κ2) is 28.8. The highest BCUT2D eigenvalue weighted by Crippen LogP contribution is 2.39. The van der Waals surface area contributed by atoms with Crippen LogP contribution in [0.3, 0.4) is 0 Å². The first-order chi connectivity index (χ1) is 35.8. The van der Waals surface area contributed by atoms with Crippen molar-refractivity contribution in [2.45, 2.75) is 220 Å². The highest BCUT2D eigenvalue weighted by Gasteiger charge is 2.51. The quantitative estimate of drug-likeness (QED) is 0.122. The van der Waals surface area contributed by atoms with Gasteiger partial charge in [-0.3, -0.25) is 19.3 Å². The molecule has 0 saturated carbocycles. The van der Waals surface area contributed by atoms with Crippen LogP contribution in [-0.2, 0) is 73.0 Å². The lowest BCUT2D eigenvalue weighted by Gasteiger charge is -2.44. The predicted molar refractivity (Wildman–Crippen MR) is 282 cm³/mol. The molecule has 19 nitrogen and oxygen atoms in total. The SMILES string of the molecule is CON=C1C[C@@H](C)O[C@@H](O[C@@H]2[C@@H](C)[C@H](O[C@H]3CC(C)N(CCc4ccccc4)C[C@H](C)O3)[C@@H](C)C(=O)O[C@H]([C@@H](C)CO[C@@H]3O[C@H](C)[C@@H](O)[C@@H](OC)[C@H]3OC)[C@H](C)[C@@H](OC(=O)CC(C)C)[C@@H](C)C(=O)[C@@](C)(O)C[C@@H]2C)[C@@H]1O. The van der Waals surface area contributed by atoms with E-state index in [0.717, 1.165) is 13.0 Å². The first-order valence-electron chi connectivity index (χ1n) is 27.7. The Morgan fingerprint density at radius 2 is 1.49 bits per heavy atom. The second-order valence-electron chi connectivity index (χ2n) is 23.1. The number of nitrogens with zero attached hydrogens (tertiary/aromatic N) is 2. The Labute approximate surface area is 452 Å². The zero-order valence-corrected chi connectivity index (χ0v) is 48.2. The highest BCUT2D eigenvalue weighted by molar-refractivity contribution is 5.90. The maximum Gasteiger partial charge on any atom is 0.311 e. The van der Waals surface area contributed by atoms with E-state index in [2.05, 4.69) is 29.1 Å². The number of benzene rings is 1. The van der Waals surface area contributed by atoms with Crippen LogP contribution in [0.15, 0.2) is 35.5 Å². The fraction of sp³-hybridized carbons (Fsp3) is 0.825. The molecule has 76 heavy (non-hydrogen) atoms. The van der Waals surface area contributed by atoms with Gasteiger partial charge < -0.3 is 67.5 Å². The molecule has 0 radical (unpaired) electrons. The fourth-order valence-corrected chi connectivity index (χ4v) is 11.8. The molecule has 3 N–H and O–H groups in total. The van der Waals surface area contributed by atoms with Crippen LogP contribution in [0.1, 0.15) is 121 Å². The van der Waals surface area contributed by atoms with Crippen molar-refractivity contribution in [3.8, 4) is 0 Å². The van der Waals surface area contributed by atoms with Gasteiger partial charge in [0.05, 0.1) is 54.7 Å². The van der Waals surface area contributed by atoms with Gasteiger partial charge in [-0.25, -0.2) is 0 Å². The van der Waals surface area contributed by atoms with Gasteiger partial charge in [-0.05, 0) is 71.8 Å². The number of oxime groups is 1. The molecule has 5 rings (SSSR count). The number of ether oxygens (including phenoxy) is 10. The number of hydrogen-bond donors (Lipinski definition) is 3. The summed E-state index contributed by atoms with van der Waals surface area (Å²) in [6.07, 6.45) is -11.2. The summed E-state index contributed by atoms with van der Waals surface area (Å²) in [5, 5.41) is 39.2. The molecule has 4 fully saturated rings. The molecule has 1 aromatic carbocycles.